The quantitative estimate of drug-likeness (QED) is 0.754. The first-order valence-electron chi connectivity index (χ1n) is 9.73. The van der Waals surface area contributed by atoms with Gasteiger partial charge in [-0.2, -0.15) is 5.06 Å². The zero-order valence-electron chi connectivity index (χ0n) is 17.4. The lowest BCUT2D eigenvalue weighted by molar-refractivity contribution is -0.334. The monoisotopic (exact) mass is 382 g/mol. The molecule has 0 N–H and O–H groups in total. The molecule has 150 valence electrons. The van der Waals surface area contributed by atoms with Crippen LogP contribution in [0.5, 0.6) is 0 Å². The molecule has 1 heterocycles. The number of hydroxylamine groups is 4. The van der Waals surface area contributed by atoms with Crippen LogP contribution in [0.1, 0.15) is 56.6 Å². The molecule has 0 aromatic heterocycles. The van der Waals surface area contributed by atoms with Crippen LogP contribution in [0.15, 0.2) is 60.7 Å². The van der Waals surface area contributed by atoms with E-state index in [2.05, 4.69) is 51.8 Å². The fourth-order valence-corrected chi connectivity index (χ4v) is 3.90. The number of carbonyl (C=O) groups excluding carboxylic acids is 1. The standard InChI is InChI=1S/C23H30N2O3/c1-18(19-12-8-6-9-13-19)27-25-22(2,3)16-24(17-23(25,4)5)28-21(26)20-14-10-7-11-15-20/h6-15,18H,16-17H2,1-5H3. The molecule has 1 saturated heterocycles. The van der Waals surface area contributed by atoms with E-state index in [4.69, 9.17) is 9.68 Å². The number of carbonyl (C=O) groups is 1. The van der Waals surface area contributed by atoms with Crippen molar-refractivity contribution >= 4 is 5.97 Å². The molecule has 0 saturated carbocycles. The van der Waals surface area contributed by atoms with E-state index < -0.39 is 0 Å². The third-order valence-corrected chi connectivity index (χ3v) is 4.98. The van der Waals surface area contributed by atoms with Gasteiger partial charge in [0.05, 0.1) is 29.7 Å². The minimum atomic E-state index is -0.345. The van der Waals surface area contributed by atoms with Crippen molar-refractivity contribution in [1.29, 1.82) is 0 Å². The van der Waals surface area contributed by atoms with E-state index in [0.717, 1.165) is 5.56 Å². The number of rotatable bonds is 5. The fourth-order valence-electron chi connectivity index (χ4n) is 3.90. The van der Waals surface area contributed by atoms with Crippen molar-refractivity contribution in [2.24, 2.45) is 0 Å². The molecule has 1 aliphatic rings. The molecule has 5 heteroatoms. The molecule has 3 rings (SSSR count). The Bertz CT molecular complexity index is 772. The van der Waals surface area contributed by atoms with Crippen LogP contribution in [0.3, 0.4) is 0 Å². The molecule has 0 radical (unpaired) electrons. The number of hydrogen-bond acceptors (Lipinski definition) is 5. The molecule has 5 nitrogen and oxygen atoms in total. The van der Waals surface area contributed by atoms with E-state index in [0.29, 0.717) is 18.7 Å². The Hall–Kier alpha value is -2.21. The molecule has 2 aromatic rings. The van der Waals surface area contributed by atoms with Crippen LogP contribution in [0, 0.1) is 0 Å². The highest BCUT2D eigenvalue weighted by Gasteiger charge is 2.48. The summed E-state index contributed by atoms with van der Waals surface area (Å²) in [6, 6.07) is 19.3. The first-order chi connectivity index (χ1) is 13.2. The molecule has 0 amide bonds. The van der Waals surface area contributed by atoms with Crippen LogP contribution in [0.4, 0.5) is 0 Å². The van der Waals surface area contributed by atoms with Crippen molar-refractivity contribution in [3.63, 3.8) is 0 Å². The molecule has 1 atom stereocenters. The van der Waals surface area contributed by atoms with Crippen LogP contribution in [-0.2, 0) is 9.68 Å². The lowest BCUT2D eigenvalue weighted by atomic mass is 9.91. The lowest BCUT2D eigenvalue weighted by Gasteiger charge is -2.54. The second-order valence-corrected chi connectivity index (χ2v) is 8.62. The molecule has 1 fully saturated rings. The molecule has 2 aromatic carbocycles. The van der Waals surface area contributed by atoms with Gasteiger partial charge in [0.1, 0.15) is 6.10 Å². The maximum absolute atomic E-state index is 12.5. The first kappa shape index (κ1) is 20.5. The highest BCUT2D eigenvalue weighted by molar-refractivity contribution is 5.89. The Kier molecular flexibility index (Phi) is 5.89. The van der Waals surface area contributed by atoms with Crippen LogP contribution >= 0.6 is 0 Å². The number of hydrogen-bond donors (Lipinski definition) is 0. The average molecular weight is 383 g/mol. The summed E-state index contributed by atoms with van der Waals surface area (Å²) in [6.07, 6.45) is -0.0711. The topological polar surface area (TPSA) is 42.0 Å². The lowest BCUT2D eigenvalue weighted by Crippen LogP contribution is -2.68. The van der Waals surface area contributed by atoms with E-state index in [9.17, 15) is 4.79 Å². The Labute approximate surface area is 167 Å². The normalized spacial score (nSPS) is 20.5. The molecule has 0 bridgehead atoms. The summed E-state index contributed by atoms with van der Waals surface area (Å²) in [7, 11) is 0. The van der Waals surface area contributed by atoms with Gasteiger partial charge in [-0.3, -0.25) is 4.84 Å². The maximum Gasteiger partial charge on any atom is 0.357 e. The van der Waals surface area contributed by atoms with Crippen LogP contribution in [0.25, 0.3) is 0 Å². The molecule has 0 aliphatic carbocycles. The first-order valence-corrected chi connectivity index (χ1v) is 9.73. The van der Waals surface area contributed by atoms with Crippen molar-refractivity contribution in [2.45, 2.75) is 51.8 Å². The van der Waals surface area contributed by atoms with Gasteiger partial charge in [0.2, 0.25) is 0 Å². The van der Waals surface area contributed by atoms with Gasteiger partial charge in [0.15, 0.2) is 0 Å². The number of nitrogens with zero attached hydrogens (tertiary/aromatic N) is 2. The molecule has 28 heavy (non-hydrogen) atoms. The Morgan fingerprint density at radius 3 is 1.93 bits per heavy atom. The van der Waals surface area contributed by atoms with E-state index in [1.54, 1.807) is 17.2 Å². The van der Waals surface area contributed by atoms with Crippen LogP contribution < -0.4 is 0 Å². The Morgan fingerprint density at radius 1 is 0.893 bits per heavy atom. The Balaban J connectivity index is 1.71. The van der Waals surface area contributed by atoms with Crippen molar-refractivity contribution < 1.29 is 14.5 Å². The number of piperazine rings is 1. The highest BCUT2D eigenvalue weighted by Crippen LogP contribution is 2.35. The molecular formula is C23H30N2O3. The smallest absolute Gasteiger partial charge is 0.357 e. The van der Waals surface area contributed by atoms with Gasteiger partial charge in [-0.15, -0.1) is 5.06 Å². The predicted molar refractivity (Wildman–Crippen MR) is 109 cm³/mol. The summed E-state index contributed by atoms with van der Waals surface area (Å²) in [5.74, 6) is -0.334. The van der Waals surface area contributed by atoms with E-state index in [1.807, 2.05) is 36.4 Å². The van der Waals surface area contributed by atoms with Crippen molar-refractivity contribution in [3.8, 4) is 0 Å². The minimum Gasteiger partial charge on any atom is -0.364 e. The van der Waals surface area contributed by atoms with Crippen LogP contribution in [-0.4, -0.2) is 40.3 Å². The van der Waals surface area contributed by atoms with Gasteiger partial charge in [-0.05, 0) is 52.3 Å². The minimum absolute atomic E-state index is 0.0711. The summed E-state index contributed by atoms with van der Waals surface area (Å²) in [5.41, 5.74) is 0.991. The summed E-state index contributed by atoms with van der Waals surface area (Å²) in [5, 5.41) is 3.81. The zero-order chi connectivity index (χ0) is 20.4. The van der Waals surface area contributed by atoms with E-state index in [1.165, 1.54) is 0 Å². The van der Waals surface area contributed by atoms with Crippen molar-refractivity contribution in [1.82, 2.24) is 10.1 Å². The van der Waals surface area contributed by atoms with Crippen molar-refractivity contribution in [2.75, 3.05) is 13.1 Å². The van der Waals surface area contributed by atoms with E-state index in [-0.39, 0.29) is 23.2 Å². The van der Waals surface area contributed by atoms with Gasteiger partial charge in [0, 0.05) is 0 Å². The predicted octanol–water partition coefficient (Wildman–Crippen LogP) is 4.63. The zero-order valence-corrected chi connectivity index (χ0v) is 17.4. The van der Waals surface area contributed by atoms with Crippen LogP contribution in [0.2, 0.25) is 0 Å². The van der Waals surface area contributed by atoms with Gasteiger partial charge in [0.25, 0.3) is 0 Å². The molecule has 1 unspecified atom stereocenters. The summed E-state index contributed by atoms with van der Waals surface area (Å²) in [4.78, 5) is 24.6. The van der Waals surface area contributed by atoms with Gasteiger partial charge in [-0.25, -0.2) is 4.79 Å². The third kappa shape index (κ3) is 4.61. The van der Waals surface area contributed by atoms with Gasteiger partial charge in [-0.1, -0.05) is 48.5 Å². The second kappa shape index (κ2) is 8.03. The summed E-state index contributed by atoms with van der Waals surface area (Å²) < 4.78 is 0. The van der Waals surface area contributed by atoms with Crippen molar-refractivity contribution in [3.05, 3.63) is 71.8 Å². The second-order valence-electron chi connectivity index (χ2n) is 8.62. The molecular weight excluding hydrogens is 352 g/mol. The summed E-state index contributed by atoms with van der Waals surface area (Å²) in [6.45, 7) is 11.6. The molecule has 0 spiro atoms. The average Bonchev–Trinajstić information content (AvgIpc) is 2.65. The Morgan fingerprint density at radius 2 is 1.39 bits per heavy atom. The van der Waals surface area contributed by atoms with E-state index >= 15 is 0 Å². The van der Waals surface area contributed by atoms with Gasteiger partial charge >= 0.3 is 5.97 Å². The SMILES string of the molecule is CC(ON1C(C)(C)CN(OC(=O)c2ccccc2)CC1(C)C)c1ccccc1. The fraction of sp³-hybridized carbons (Fsp3) is 0.435. The molecule has 1 aliphatic heterocycles. The van der Waals surface area contributed by atoms with Gasteiger partial charge < -0.3 is 4.84 Å². The third-order valence-electron chi connectivity index (χ3n) is 4.98. The number of benzene rings is 2. The largest absolute Gasteiger partial charge is 0.364 e. The highest BCUT2D eigenvalue weighted by atomic mass is 16.7. The summed E-state index contributed by atoms with van der Waals surface area (Å²) >= 11 is 0. The maximum atomic E-state index is 12.5.